The predicted octanol–water partition coefficient (Wildman–Crippen LogP) is 5.65. The van der Waals surface area contributed by atoms with Gasteiger partial charge in [-0.05, 0) is 31.5 Å². The van der Waals surface area contributed by atoms with Gasteiger partial charge in [0.1, 0.15) is 18.1 Å². The molecule has 0 fully saturated rings. The largest absolute Gasteiger partial charge is 0.505 e. The fraction of sp³-hybridized carbons (Fsp3) is 0.174. The zero-order valence-corrected chi connectivity index (χ0v) is 17.8. The van der Waals surface area contributed by atoms with E-state index in [0.717, 1.165) is 5.56 Å². The van der Waals surface area contributed by atoms with Gasteiger partial charge in [0.15, 0.2) is 11.5 Å². The third-order valence-electron chi connectivity index (χ3n) is 5.08. The number of nitrogens with zero attached hydrogens (tertiary/aromatic N) is 2. The molecular weight excluding hydrogens is 423 g/mol. The summed E-state index contributed by atoms with van der Waals surface area (Å²) in [4.78, 5) is 22.0. The van der Waals surface area contributed by atoms with E-state index in [2.05, 4.69) is 9.97 Å². The number of carbonyl (C=O) groups excluding carboxylic acids is 1. The molecule has 0 bridgehead atoms. The lowest BCUT2D eigenvalue weighted by Crippen LogP contribution is -2.36. The number of allylic oxidation sites excluding steroid dienone is 1. The minimum Gasteiger partial charge on any atom is -0.505 e. The fourth-order valence-corrected chi connectivity index (χ4v) is 3.94. The lowest BCUT2D eigenvalue weighted by molar-refractivity contribution is -0.118. The number of carbonyl (C=O) groups is 1. The van der Waals surface area contributed by atoms with E-state index in [0.29, 0.717) is 5.69 Å². The molecular formula is C23H18Cl2N2O3. The maximum absolute atomic E-state index is 13.5. The van der Waals surface area contributed by atoms with Gasteiger partial charge in [-0.15, -0.1) is 0 Å². The summed E-state index contributed by atoms with van der Waals surface area (Å²) in [6, 6.07) is 12.7. The molecule has 1 aliphatic carbocycles. The maximum atomic E-state index is 13.5. The quantitative estimate of drug-likeness (QED) is 0.567. The van der Waals surface area contributed by atoms with E-state index in [-0.39, 0.29) is 50.8 Å². The van der Waals surface area contributed by atoms with Crippen molar-refractivity contribution in [1.29, 1.82) is 0 Å². The van der Waals surface area contributed by atoms with Crippen molar-refractivity contribution in [2.45, 2.75) is 25.9 Å². The third kappa shape index (κ3) is 3.34. The highest BCUT2D eigenvalue weighted by molar-refractivity contribution is 6.41. The zero-order chi connectivity index (χ0) is 21.5. The van der Waals surface area contributed by atoms with Crippen molar-refractivity contribution in [3.8, 4) is 5.75 Å². The monoisotopic (exact) mass is 440 g/mol. The lowest BCUT2D eigenvalue weighted by Gasteiger charge is -2.31. The minimum atomic E-state index is -1.02. The third-order valence-corrected chi connectivity index (χ3v) is 5.69. The standard InChI is InChI=1S/C23H18Cl2N2O3/c1-23(2)21-18(26-10-11-27-21)19(28)17(22(23)29)16-14(24)8-9-15(25)20(16)30-12-13-6-4-3-5-7-13/h3-11,28H,12H2,1-2H3. The number of halogens is 2. The average molecular weight is 441 g/mol. The van der Waals surface area contributed by atoms with E-state index in [1.807, 2.05) is 30.3 Å². The van der Waals surface area contributed by atoms with Gasteiger partial charge in [0.25, 0.3) is 0 Å². The van der Waals surface area contributed by atoms with E-state index in [4.69, 9.17) is 27.9 Å². The van der Waals surface area contributed by atoms with Crippen LogP contribution in [0.2, 0.25) is 10.0 Å². The Morgan fingerprint density at radius 3 is 2.40 bits per heavy atom. The van der Waals surface area contributed by atoms with Crippen LogP contribution in [-0.4, -0.2) is 20.9 Å². The fourth-order valence-electron chi connectivity index (χ4n) is 3.48. The van der Waals surface area contributed by atoms with Crippen LogP contribution in [0.1, 0.15) is 36.4 Å². The summed E-state index contributed by atoms with van der Waals surface area (Å²) in [5.41, 5.74) is 0.802. The number of aliphatic hydroxyl groups excluding tert-OH is 1. The molecule has 7 heteroatoms. The molecule has 1 aliphatic rings. The van der Waals surface area contributed by atoms with Gasteiger partial charge in [0.05, 0.1) is 32.3 Å². The van der Waals surface area contributed by atoms with Crippen LogP contribution in [0, 0.1) is 0 Å². The van der Waals surface area contributed by atoms with Gasteiger partial charge in [0, 0.05) is 12.4 Å². The summed E-state index contributed by atoms with van der Waals surface area (Å²) in [7, 11) is 0. The first-order valence-electron chi connectivity index (χ1n) is 9.27. The van der Waals surface area contributed by atoms with Crippen molar-refractivity contribution in [1.82, 2.24) is 9.97 Å². The molecule has 0 spiro atoms. The van der Waals surface area contributed by atoms with Gasteiger partial charge in [-0.25, -0.2) is 4.98 Å². The SMILES string of the molecule is CC1(C)C(=O)C(c2c(Cl)ccc(Cl)c2OCc2ccccc2)=C(O)c2nccnc21. The highest BCUT2D eigenvalue weighted by Crippen LogP contribution is 2.47. The second kappa shape index (κ2) is 7.74. The number of hydrogen-bond acceptors (Lipinski definition) is 5. The molecule has 1 N–H and O–H groups in total. The highest BCUT2D eigenvalue weighted by Gasteiger charge is 2.44. The zero-order valence-electron chi connectivity index (χ0n) is 16.3. The number of rotatable bonds is 4. The summed E-state index contributed by atoms with van der Waals surface area (Å²) < 4.78 is 5.99. The van der Waals surface area contributed by atoms with Crippen LogP contribution in [0.4, 0.5) is 0 Å². The van der Waals surface area contributed by atoms with E-state index < -0.39 is 5.41 Å². The number of ether oxygens (including phenoxy) is 1. The molecule has 0 atom stereocenters. The van der Waals surface area contributed by atoms with Crippen LogP contribution in [0.15, 0.2) is 54.9 Å². The van der Waals surface area contributed by atoms with Gasteiger partial charge in [0.2, 0.25) is 0 Å². The number of aromatic nitrogens is 2. The molecule has 152 valence electrons. The Morgan fingerprint density at radius 1 is 1.00 bits per heavy atom. The van der Waals surface area contributed by atoms with Gasteiger partial charge in [-0.1, -0.05) is 53.5 Å². The van der Waals surface area contributed by atoms with Crippen LogP contribution >= 0.6 is 23.2 Å². The molecule has 5 nitrogen and oxygen atoms in total. The van der Waals surface area contributed by atoms with Gasteiger partial charge < -0.3 is 9.84 Å². The molecule has 3 aromatic rings. The Bertz CT molecular complexity index is 1170. The Hall–Kier alpha value is -2.89. The Labute approximate surface area is 184 Å². The number of aliphatic hydroxyl groups is 1. The van der Waals surface area contributed by atoms with Crippen molar-refractivity contribution < 1.29 is 14.6 Å². The van der Waals surface area contributed by atoms with Gasteiger partial charge in [-0.3, -0.25) is 9.78 Å². The summed E-state index contributed by atoms with van der Waals surface area (Å²) >= 11 is 12.9. The van der Waals surface area contributed by atoms with Crippen molar-refractivity contribution >= 4 is 40.3 Å². The second-order valence-corrected chi connectivity index (χ2v) is 8.25. The first-order valence-corrected chi connectivity index (χ1v) is 10.0. The first kappa shape index (κ1) is 20.4. The molecule has 1 aromatic heterocycles. The molecule has 0 aliphatic heterocycles. The van der Waals surface area contributed by atoms with Crippen molar-refractivity contribution in [2.24, 2.45) is 0 Å². The molecule has 4 rings (SSSR count). The Balaban J connectivity index is 1.90. The molecule has 30 heavy (non-hydrogen) atoms. The lowest BCUT2D eigenvalue weighted by atomic mass is 9.73. The van der Waals surface area contributed by atoms with Gasteiger partial charge in [-0.2, -0.15) is 0 Å². The normalized spacial score (nSPS) is 15.1. The first-order chi connectivity index (χ1) is 14.3. The second-order valence-electron chi connectivity index (χ2n) is 7.44. The van der Waals surface area contributed by atoms with Crippen LogP contribution < -0.4 is 4.74 Å². The molecule has 2 aromatic carbocycles. The number of Topliss-reactive ketones (excluding diaryl/α,β-unsaturated/α-hetero) is 1. The van der Waals surface area contributed by atoms with E-state index in [9.17, 15) is 9.90 Å². The van der Waals surface area contributed by atoms with E-state index >= 15 is 0 Å². The topological polar surface area (TPSA) is 72.3 Å². The number of benzene rings is 2. The maximum Gasteiger partial charge on any atom is 0.179 e. The van der Waals surface area contributed by atoms with E-state index in [1.54, 1.807) is 26.0 Å². The Kier molecular flexibility index (Phi) is 5.26. The van der Waals surface area contributed by atoms with Crippen molar-refractivity contribution in [2.75, 3.05) is 0 Å². The number of ketones is 1. The number of hydrogen-bond donors (Lipinski definition) is 1. The molecule has 1 heterocycles. The summed E-state index contributed by atoms with van der Waals surface area (Å²) in [6.07, 6.45) is 2.96. The Morgan fingerprint density at radius 2 is 1.67 bits per heavy atom. The van der Waals surface area contributed by atoms with Crippen LogP contribution in [-0.2, 0) is 16.8 Å². The number of fused-ring (bicyclic) bond motifs is 1. The summed E-state index contributed by atoms with van der Waals surface area (Å²) in [5.74, 6) is -0.413. The van der Waals surface area contributed by atoms with Crippen molar-refractivity contribution in [3.05, 3.63) is 87.4 Å². The van der Waals surface area contributed by atoms with Gasteiger partial charge >= 0.3 is 0 Å². The highest BCUT2D eigenvalue weighted by atomic mass is 35.5. The minimum absolute atomic E-state index is 0.0172. The average Bonchev–Trinajstić information content (AvgIpc) is 2.75. The molecule has 0 unspecified atom stereocenters. The smallest absolute Gasteiger partial charge is 0.179 e. The molecule has 0 saturated carbocycles. The summed E-state index contributed by atoms with van der Waals surface area (Å²) in [6.45, 7) is 3.69. The molecule has 0 saturated heterocycles. The van der Waals surface area contributed by atoms with Crippen LogP contribution in [0.3, 0.4) is 0 Å². The molecule has 0 radical (unpaired) electrons. The summed E-state index contributed by atoms with van der Waals surface area (Å²) in [5, 5.41) is 11.5. The molecule has 0 amide bonds. The van der Waals surface area contributed by atoms with Crippen LogP contribution in [0.5, 0.6) is 5.75 Å². The van der Waals surface area contributed by atoms with Crippen LogP contribution in [0.25, 0.3) is 11.3 Å². The predicted molar refractivity (Wildman–Crippen MR) is 117 cm³/mol. The van der Waals surface area contributed by atoms with E-state index in [1.165, 1.54) is 12.4 Å². The van der Waals surface area contributed by atoms with Crippen molar-refractivity contribution in [3.63, 3.8) is 0 Å².